The first kappa shape index (κ1) is 17.9. The molecule has 0 aromatic heterocycles. The monoisotopic (exact) mass is 287 g/mol. The molecule has 0 heterocycles. The highest BCUT2D eigenvalue weighted by Crippen LogP contribution is 2.24. The summed E-state index contributed by atoms with van der Waals surface area (Å²) in [7, 11) is 0. The second-order valence-electron chi connectivity index (χ2n) is 6.24. The molecule has 3 N–H and O–H groups in total. The molecule has 1 aliphatic rings. The van der Waals surface area contributed by atoms with Gasteiger partial charge in [0.25, 0.3) is 0 Å². The van der Waals surface area contributed by atoms with Gasteiger partial charge in [0.05, 0.1) is 18.8 Å². The fraction of sp³-hybridized carbons (Fsp3) is 1.00. The van der Waals surface area contributed by atoms with E-state index in [2.05, 4.69) is 19.2 Å². The molecule has 4 heteroatoms. The maximum atomic E-state index is 9.94. The van der Waals surface area contributed by atoms with Crippen LogP contribution in [0.5, 0.6) is 0 Å². The van der Waals surface area contributed by atoms with Gasteiger partial charge in [0.15, 0.2) is 0 Å². The van der Waals surface area contributed by atoms with Gasteiger partial charge in [0.2, 0.25) is 0 Å². The van der Waals surface area contributed by atoms with E-state index in [1.807, 2.05) is 0 Å². The molecule has 0 spiro atoms. The van der Waals surface area contributed by atoms with Crippen molar-refractivity contribution < 1.29 is 14.9 Å². The van der Waals surface area contributed by atoms with Gasteiger partial charge in [0.1, 0.15) is 0 Å². The fourth-order valence-electron chi connectivity index (χ4n) is 2.82. The van der Waals surface area contributed by atoms with E-state index in [1.54, 1.807) is 0 Å². The second-order valence-corrected chi connectivity index (χ2v) is 6.24. The van der Waals surface area contributed by atoms with E-state index >= 15 is 0 Å². The topological polar surface area (TPSA) is 61.7 Å². The van der Waals surface area contributed by atoms with Crippen molar-refractivity contribution in [3.8, 4) is 0 Å². The summed E-state index contributed by atoms with van der Waals surface area (Å²) in [4.78, 5) is 0. The minimum atomic E-state index is -0.456. The molecule has 1 atom stereocenters. The fourth-order valence-corrected chi connectivity index (χ4v) is 2.82. The average molecular weight is 287 g/mol. The van der Waals surface area contributed by atoms with Gasteiger partial charge in [-0.3, -0.25) is 0 Å². The predicted octanol–water partition coefficient (Wildman–Crippen LogP) is 2.08. The number of nitrogens with one attached hydrogen (secondary N) is 1. The highest BCUT2D eigenvalue weighted by atomic mass is 16.5. The zero-order chi connectivity index (χ0) is 14.8. The third kappa shape index (κ3) is 6.08. The van der Waals surface area contributed by atoms with Crippen LogP contribution < -0.4 is 5.32 Å². The van der Waals surface area contributed by atoms with E-state index in [4.69, 9.17) is 4.74 Å². The Morgan fingerprint density at radius 3 is 2.40 bits per heavy atom. The van der Waals surface area contributed by atoms with Crippen LogP contribution in [-0.2, 0) is 4.74 Å². The predicted molar refractivity (Wildman–Crippen MR) is 81.8 cm³/mol. The molecule has 0 aromatic rings. The molecule has 0 amide bonds. The standard InChI is InChI=1S/C16H33NO3/c1-3-16(4-2,13-18)12-17-10-14(19)11-20-15-8-6-5-7-9-15/h14-15,17-19H,3-13H2,1-2H3. The van der Waals surface area contributed by atoms with Gasteiger partial charge in [-0.25, -0.2) is 0 Å². The minimum Gasteiger partial charge on any atom is -0.396 e. The first-order valence-electron chi connectivity index (χ1n) is 8.27. The van der Waals surface area contributed by atoms with Crippen molar-refractivity contribution in [2.75, 3.05) is 26.3 Å². The Morgan fingerprint density at radius 2 is 1.85 bits per heavy atom. The maximum Gasteiger partial charge on any atom is 0.0897 e. The molecular formula is C16H33NO3. The molecule has 0 aromatic carbocycles. The highest BCUT2D eigenvalue weighted by Gasteiger charge is 2.25. The van der Waals surface area contributed by atoms with Crippen molar-refractivity contribution in [1.82, 2.24) is 5.32 Å². The third-order valence-corrected chi connectivity index (χ3v) is 4.79. The Kier molecular flexibility index (Phi) is 8.69. The highest BCUT2D eigenvalue weighted by molar-refractivity contribution is 4.79. The summed E-state index contributed by atoms with van der Waals surface area (Å²) in [5.74, 6) is 0. The first-order valence-corrected chi connectivity index (χ1v) is 8.27. The zero-order valence-corrected chi connectivity index (χ0v) is 13.2. The molecule has 1 aliphatic carbocycles. The largest absolute Gasteiger partial charge is 0.396 e. The second kappa shape index (κ2) is 9.72. The average Bonchev–Trinajstić information content (AvgIpc) is 2.51. The van der Waals surface area contributed by atoms with Crippen LogP contribution in [0, 0.1) is 5.41 Å². The van der Waals surface area contributed by atoms with E-state index in [1.165, 1.54) is 19.3 Å². The van der Waals surface area contributed by atoms with Crippen molar-refractivity contribution in [3.63, 3.8) is 0 Å². The van der Waals surface area contributed by atoms with E-state index in [9.17, 15) is 10.2 Å². The van der Waals surface area contributed by atoms with Gasteiger partial charge in [-0.15, -0.1) is 0 Å². The quantitative estimate of drug-likeness (QED) is 0.576. The van der Waals surface area contributed by atoms with Crippen LogP contribution in [0.15, 0.2) is 0 Å². The molecular weight excluding hydrogens is 254 g/mol. The first-order chi connectivity index (χ1) is 9.65. The molecule has 0 bridgehead atoms. The SMILES string of the molecule is CCC(CC)(CO)CNCC(O)COC1CCCCC1. The maximum absolute atomic E-state index is 9.94. The Hall–Kier alpha value is -0.160. The van der Waals surface area contributed by atoms with Crippen LogP contribution in [-0.4, -0.2) is 48.7 Å². The molecule has 0 saturated heterocycles. The van der Waals surface area contributed by atoms with Gasteiger partial charge in [-0.2, -0.15) is 0 Å². The van der Waals surface area contributed by atoms with Crippen molar-refractivity contribution in [3.05, 3.63) is 0 Å². The van der Waals surface area contributed by atoms with Gasteiger partial charge in [-0.05, 0) is 25.7 Å². The van der Waals surface area contributed by atoms with Gasteiger partial charge >= 0.3 is 0 Å². The summed E-state index contributed by atoms with van der Waals surface area (Å²) < 4.78 is 5.77. The molecule has 1 rings (SSSR count). The number of hydrogen-bond acceptors (Lipinski definition) is 4. The zero-order valence-electron chi connectivity index (χ0n) is 13.2. The molecule has 1 fully saturated rings. The lowest BCUT2D eigenvalue weighted by Crippen LogP contribution is -2.41. The van der Waals surface area contributed by atoms with E-state index in [0.717, 1.165) is 32.2 Å². The van der Waals surface area contributed by atoms with Gasteiger partial charge in [-0.1, -0.05) is 33.1 Å². The molecule has 1 unspecified atom stereocenters. The third-order valence-electron chi connectivity index (χ3n) is 4.79. The van der Waals surface area contributed by atoms with E-state index in [0.29, 0.717) is 19.3 Å². The number of aliphatic hydroxyl groups is 2. The lowest BCUT2D eigenvalue weighted by Gasteiger charge is -2.30. The smallest absolute Gasteiger partial charge is 0.0897 e. The van der Waals surface area contributed by atoms with Gasteiger partial charge < -0.3 is 20.3 Å². The Labute approximate surface area is 123 Å². The van der Waals surface area contributed by atoms with Crippen LogP contribution in [0.4, 0.5) is 0 Å². The molecule has 20 heavy (non-hydrogen) atoms. The van der Waals surface area contributed by atoms with Crippen LogP contribution in [0.25, 0.3) is 0 Å². The van der Waals surface area contributed by atoms with Crippen LogP contribution in [0.2, 0.25) is 0 Å². The summed E-state index contributed by atoms with van der Waals surface area (Å²) in [6, 6.07) is 0. The van der Waals surface area contributed by atoms with Crippen molar-refractivity contribution in [2.24, 2.45) is 5.41 Å². The Morgan fingerprint density at radius 1 is 1.20 bits per heavy atom. The van der Waals surface area contributed by atoms with Crippen LogP contribution in [0.3, 0.4) is 0 Å². The molecule has 0 radical (unpaired) electrons. The normalized spacial score (nSPS) is 19.2. The number of aliphatic hydroxyl groups excluding tert-OH is 2. The summed E-state index contributed by atoms with van der Waals surface area (Å²) in [6.07, 6.45) is 7.89. The number of hydrogen-bond donors (Lipinski definition) is 3. The lowest BCUT2D eigenvalue weighted by molar-refractivity contribution is -0.0240. The van der Waals surface area contributed by atoms with E-state index in [-0.39, 0.29) is 12.0 Å². The summed E-state index contributed by atoms with van der Waals surface area (Å²) in [5.41, 5.74) is -0.0516. The summed E-state index contributed by atoms with van der Waals surface area (Å²) in [5, 5.41) is 22.7. The Bertz CT molecular complexity index is 230. The van der Waals surface area contributed by atoms with Crippen LogP contribution in [0.1, 0.15) is 58.8 Å². The summed E-state index contributed by atoms with van der Waals surface area (Å²) >= 11 is 0. The Balaban J connectivity index is 2.14. The van der Waals surface area contributed by atoms with Crippen molar-refractivity contribution >= 4 is 0 Å². The van der Waals surface area contributed by atoms with Crippen molar-refractivity contribution in [2.45, 2.75) is 71.0 Å². The van der Waals surface area contributed by atoms with Gasteiger partial charge in [0, 0.05) is 25.1 Å². The molecule has 1 saturated carbocycles. The molecule has 0 aliphatic heterocycles. The van der Waals surface area contributed by atoms with Crippen LogP contribution >= 0.6 is 0 Å². The van der Waals surface area contributed by atoms with Crippen molar-refractivity contribution in [1.29, 1.82) is 0 Å². The lowest BCUT2D eigenvalue weighted by atomic mass is 9.83. The minimum absolute atomic E-state index is 0.0516. The number of ether oxygens (including phenoxy) is 1. The number of rotatable bonds is 10. The molecule has 120 valence electrons. The molecule has 4 nitrogen and oxygen atoms in total. The van der Waals surface area contributed by atoms with E-state index < -0.39 is 6.10 Å². The summed E-state index contributed by atoms with van der Waals surface area (Å²) in [6.45, 7) is 6.10.